The van der Waals surface area contributed by atoms with Crippen molar-refractivity contribution in [2.24, 2.45) is 23.3 Å². The van der Waals surface area contributed by atoms with Gasteiger partial charge in [0.1, 0.15) is 18.1 Å². The summed E-state index contributed by atoms with van der Waals surface area (Å²) in [7, 11) is 0. The Balaban J connectivity index is 5.52. The average molecular weight is 490 g/mol. The van der Waals surface area contributed by atoms with Crippen LogP contribution in [0, 0.1) is 11.8 Å². The van der Waals surface area contributed by atoms with Crippen molar-refractivity contribution in [3.63, 3.8) is 0 Å². The molecule has 0 rings (SSSR count). The molecule has 12 heteroatoms. The minimum absolute atomic E-state index is 0.198. The molecule has 5 unspecified atom stereocenters. The number of carbonyl (C=O) groups excluding carboxylic acids is 4. The van der Waals surface area contributed by atoms with Crippen LogP contribution >= 0.6 is 11.8 Å². The summed E-state index contributed by atoms with van der Waals surface area (Å²) in [5.74, 6) is -3.62. The molecule has 11 nitrogen and oxygen atoms in total. The average Bonchev–Trinajstić information content (AvgIpc) is 2.72. The van der Waals surface area contributed by atoms with E-state index in [4.69, 9.17) is 11.5 Å². The Morgan fingerprint density at radius 3 is 1.97 bits per heavy atom. The molecule has 0 aromatic heterocycles. The van der Waals surface area contributed by atoms with Gasteiger partial charge >= 0.3 is 5.97 Å². The smallest absolute Gasteiger partial charge is 0.326 e. The van der Waals surface area contributed by atoms with E-state index in [0.717, 1.165) is 0 Å². The SMILES string of the molecule is CCC(C)C(NC(=O)C(N)CC(C)C)C(=O)NC(CCSC)C(=O)NC(CC(N)=O)C(=O)O. The molecule has 8 N–H and O–H groups in total. The zero-order valence-corrected chi connectivity index (χ0v) is 20.9. The monoisotopic (exact) mass is 489 g/mol. The van der Waals surface area contributed by atoms with E-state index in [1.165, 1.54) is 11.8 Å². The van der Waals surface area contributed by atoms with Crippen LogP contribution in [-0.4, -0.2) is 70.9 Å². The van der Waals surface area contributed by atoms with E-state index in [-0.39, 0.29) is 18.3 Å². The normalized spacial score (nSPS) is 15.6. The van der Waals surface area contributed by atoms with Crippen molar-refractivity contribution in [1.82, 2.24) is 16.0 Å². The Kier molecular flexibility index (Phi) is 14.4. The van der Waals surface area contributed by atoms with Crippen LogP contribution in [0.1, 0.15) is 53.4 Å². The molecule has 190 valence electrons. The van der Waals surface area contributed by atoms with E-state index in [9.17, 15) is 29.1 Å². The van der Waals surface area contributed by atoms with Gasteiger partial charge in [-0.05, 0) is 36.7 Å². The highest BCUT2D eigenvalue weighted by atomic mass is 32.2. The maximum Gasteiger partial charge on any atom is 0.326 e. The van der Waals surface area contributed by atoms with Crippen molar-refractivity contribution >= 4 is 41.4 Å². The maximum atomic E-state index is 13.1. The molecule has 0 aromatic carbocycles. The van der Waals surface area contributed by atoms with E-state index in [1.807, 2.05) is 27.0 Å². The lowest BCUT2D eigenvalue weighted by Gasteiger charge is -2.28. The van der Waals surface area contributed by atoms with Crippen molar-refractivity contribution in [2.75, 3.05) is 12.0 Å². The Morgan fingerprint density at radius 2 is 1.52 bits per heavy atom. The zero-order valence-electron chi connectivity index (χ0n) is 20.1. The highest BCUT2D eigenvalue weighted by molar-refractivity contribution is 7.98. The molecule has 0 aromatic rings. The lowest BCUT2D eigenvalue weighted by molar-refractivity contribution is -0.143. The highest BCUT2D eigenvalue weighted by Gasteiger charge is 2.32. The van der Waals surface area contributed by atoms with Crippen molar-refractivity contribution < 1.29 is 29.1 Å². The summed E-state index contributed by atoms with van der Waals surface area (Å²) in [4.78, 5) is 60.8. The number of rotatable bonds is 16. The van der Waals surface area contributed by atoms with Crippen molar-refractivity contribution in [3.8, 4) is 0 Å². The van der Waals surface area contributed by atoms with E-state index < -0.39 is 60.2 Å². The molecule has 0 radical (unpaired) electrons. The van der Waals surface area contributed by atoms with Crippen LogP contribution in [-0.2, 0) is 24.0 Å². The van der Waals surface area contributed by atoms with E-state index in [0.29, 0.717) is 18.6 Å². The van der Waals surface area contributed by atoms with Gasteiger partial charge in [0.05, 0.1) is 12.5 Å². The summed E-state index contributed by atoms with van der Waals surface area (Å²) in [6.45, 7) is 7.53. The number of nitrogens with one attached hydrogen (secondary N) is 3. The quantitative estimate of drug-likeness (QED) is 0.168. The molecule has 4 amide bonds. The fourth-order valence-corrected chi connectivity index (χ4v) is 3.49. The fraction of sp³-hybridized carbons (Fsp3) is 0.762. The first-order chi connectivity index (χ1) is 15.3. The van der Waals surface area contributed by atoms with Gasteiger partial charge in [0.2, 0.25) is 23.6 Å². The Hall–Kier alpha value is -2.34. The van der Waals surface area contributed by atoms with Crippen LogP contribution in [0.25, 0.3) is 0 Å². The topological polar surface area (TPSA) is 194 Å². The Morgan fingerprint density at radius 1 is 0.939 bits per heavy atom. The van der Waals surface area contributed by atoms with Gasteiger partial charge in [0, 0.05) is 0 Å². The minimum atomic E-state index is -1.51. The molecule has 0 aliphatic heterocycles. The predicted molar refractivity (Wildman–Crippen MR) is 127 cm³/mol. The summed E-state index contributed by atoms with van der Waals surface area (Å²) in [5.41, 5.74) is 11.0. The van der Waals surface area contributed by atoms with Gasteiger partial charge < -0.3 is 32.5 Å². The number of aliphatic carboxylic acids is 1. The molecular weight excluding hydrogens is 450 g/mol. The van der Waals surface area contributed by atoms with Gasteiger partial charge in [-0.1, -0.05) is 34.1 Å². The summed E-state index contributed by atoms with van der Waals surface area (Å²) < 4.78 is 0. The lowest BCUT2D eigenvalue weighted by Crippen LogP contribution is -2.59. The molecule has 0 heterocycles. The molecule has 33 heavy (non-hydrogen) atoms. The molecule has 0 spiro atoms. The summed E-state index contributed by atoms with van der Waals surface area (Å²) in [6, 6.07) is -4.27. The Labute approximate surface area is 199 Å². The molecule has 0 aliphatic carbocycles. The van der Waals surface area contributed by atoms with Gasteiger partial charge in [-0.25, -0.2) is 4.79 Å². The number of amides is 4. The number of hydrogen-bond donors (Lipinski definition) is 6. The second-order valence-electron chi connectivity index (χ2n) is 8.52. The Bertz CT molecular complexity index is 690. The highest BCUT2D eigenvalue weighted by Crippen LogP contribution is 2.11. The van der Waals surface area contributed by atoms with Crippen LogP contribution in [0.4, 0.5) is 0 Å². The number of carbonyl (C=O) groups is 5. The van der Waals surface area contributed by atoms with Crippen molar-refractivity contribution in [3.05, 3.63) is 0 Å². The lowest BCUT2D eigenvalue weighted by atomic mass is 9.96. The van der Waals surface area contributed by atoms with E-state index in [2.05, 4.69) is 16.0 Å². The molecule has 5 atom stereocenters. The van der Waals surface area contributed by atoms with Crippen LogP contribution < -0.4 is 27.4 Å². The first kappa shape index (κ1) is 30.7. The molecule has 0 aliphatic rings. The number of thioether (sulfide) groups is 1. The summed E-state index contributed by atoms with van der Waals surface area (Å²) in [6.07, 6.45) is 2.50. The van der Waals surface area contributed by atoms with Gasteiger partial charge in [0.15, 0.2) is 0 Å². The number of hydrogen-bond acceptors (Lipinski definition) is 7. The zero-order chi connectivity index (χ0) is 25.7. The van der Waals surface area contributed by atoms with Crippen LogP contribution in [0.5, 0.6) is 0 Å². The standard InChI is InChI=1S/C21H39N5O6S/c1-6-12(4)17(26-18(28)13(22)9-11(2)3)20(30)24-14(7-8-33-5)19(29)25-15(21(31)32)10-16(23)27/h11-15,17H,6-10,22H2,1-5H3,(H2,23,27)(H,24,30)(H,25,29)(H,26,28)(H,31,32). The first-order valence-electron chi connectivity index (χ1n) is 11.0. The van der Waals surface area contributed by atoms with Crippen molar-refractivity contribution in [2.45, 2.75) is 77.5 Å². The molecule has 0 saturated heterocycles. The van der Waals surface area contributed by atoms with E-state index in [1.54, 1.807) is 6.92 Å². The van der Waals surface area contributed by atoms with Gasteiger partial charge in [-0.3, -0.25) is 19.2 Å². The second-order valence-corrected chi connectivity index (χ2v) is 9.51. The van der Waals surface area contributed by atoms with Crippen LogP contribution in [0.2, 0.25) is 0 Å². The third kappa shape index (κ3) is 11.9. The van der Waals surface area contributed by atoms with Crippen LogP contribution in [0.3, 0.4) is 0 Å². The third-order valence-corrected chi connectivity index (χ3v) is 5.76. The second kappa shape index (κ2) is 15.5. The maximum absolute atomic E-state index is 13.1. The van der Waals surface area contributed by atoms with Crippen molar-refractivity contribution in [1.29, 1.82) is 0 Å². The first-order valence-corrected chi connectivity index (χ1v) is 12.4. The number of carboxylic acid groups (broad SMARTS) is 1. The third-order valence-electron chi connectivity index (χ3n) is 5.12. The number of nitrogens with two attached hydrogens (primary N) is 2. The van der Waals surface area contributed by atoms with Gasteiger partial charge in [-0.15, -0.1) is 0 Å². The minimum Gasteiger partial charge on any atom is -0.480 e. The molecule has 0 fully saturated rings. The molecule has 0 saturated carbocycles. The fourth-order valence-electron chi connectivity index (χ4n) is 3.02. The molecule has 0 bridgehead atoms. The molecular formula is C21H39N5O6S. The number of primary amides is 1. The summed E-state index contributed by atoms with van der Waals surface area (Å²) >= 11 is 1.44. The number of carboxylic acids is 1. The predicted octanol–water partition coefficient (Wildman–Crippen LogP) is -0.427. The largest absolute Gasteiger partial charge is 0.480 e. The van der Waals surface area contributed by atoms with Gasteiger partial charge in [-0.2, -0.15) is 11.8 Å². The summed E-state index contributed by atoms with van der Waals surface area (Å²) in [5, 5.41) is 16.8. The van der Waals surface area contributed by atoms with E-state index >= 15 is 0 Å². The van der Waals surface area contributed by atoms with Gasteiger partial charge in [0.25, 0.3) is 0 Å². The van der Waals surface area contributed by atoms with Crippen LogP contribution in [0.15, 0.2) is 0 Å².